The van der Waals surface area contributed by atoms with E-state index in [4.69, 9.17) is 14.6 Å². The summed E-state index contributed by atoms with van der Waals surface area (Å²) in [6, 6.07) is 9.74. The fourth-order valence-corrected chi connectivity index (χ4v) is 5.67. The Morgan fingerprint density at radius 2 is 2.06 bits per heavy atom. The lowest BCUT2D eigenvalue weighted by Gasteiger charge is -2.31. The lowest BCUT2D eigenvalue weighted by molar-refractivity contribution is -0.172. The average Bonchev–Trinajstić information content (AvgIpc) is 3.26. The van der Waals surface area contributed by atoms with Crippen LogP contribution in [0.1, 0.15) is 74.6 Å². The molecular formula is C28H29N3O5. The maximum atomic E-state index is 13.4. The molecule has 0 unspecified atom stereocenters. The summed E-state index contributed by atoms with van der Waals surface area (Å²) in [5.41, 5.74) is 3.13. The van der Waals surface area contributed by atoms with Crippen LogP contribution in [0.4, 0.5) is 0 Å². The number of cyclic esters (lactones) is 1. The Bertz CT molecular complexity index is 1480. The zero-order valence-corrected chi connectivity index (χ0v) is 20.5. The van der Waals surface area contributed by atoms with Crippen LogP contribution < -0.4 is 5.56 Å². The highest BCUT2D eigenvalue weighted by molar-refractivity contribution is 6.08. The smallest absolute Gasteiger partial charge is 0.343 e. The van der Waals surface area contributed by atoms with Crippen LogP contribution in [0, 0.1) is 0 Å². The molecule has 3 aliphatic rings. The summed E-state index contributed by atoms with van der Waals surface area (Å²) in [7, 11) is 0. The number of carbonyl (C=O) groups excluding carboxylic acids is 1. The molecule has 8 heteroatoms. The number of para-hydroxylation sites is 1. The number of oxime groups is 1. The molecule has 2 aliphatic heterocycles. The predicted octanol–water partition coefficient (Wildman–Crippen LogP) is 4.15. The van der Waals surface area contributed by atoms with Crippen LogP contribution in [0.2, 0.25) is 0 Å². The number of hydrogen-bond donors (Lipinski definition) is 1. The van der Waals surface area contributed by atoms with Crippen molar-refractivity contribution in [2.75, 3.05) is 0 Å². The van der Waals surface area contributed by atoms with Crippen molar-refractivity contribution in [3.63, 3.8) is 0 Å². The first kappa shape index (κ1) is 22.9. The fourth-order valence-electron chi connectivity index (χ4n) is 5.67. The molecule has 0 saturated heterocycles. The van der Waals surface area contributed by atoms with Crippen LogP contribution in [0.15, 0.2) is 40.3 Å². The van der Waals surface area contributed by atoms with E-state index in [-0.39, 0.29) is 24.7 Å². The Balaban J connectivity index is 1.46. The maximum Gasteiger partial charge on any atom is 0.343 e. The van der Waals surface area contributed by atoms with Crippen molar-refractivity contribution in [1.82, 2.24) is 9.55 Å². The van der Waals surface area contributed by atoms with E-state index in [1.54, 1.807) is 17.6 Å². The van der Waals surface area contributed by atoms with Gasteiger partial charge < -0.3 is 19.2 Å². The Labute approximate surface area is 208 Å². The summed E-state index contributed by atoms with van der Waals surface area (Å²) in [6.07, 6.45) is 5.95. The first-order valence-corrected chi connectivity index (χ1v) is 12.7. The summed E-state index contributed by atoms with van der Waals surface area (Å²) < 4.78 is 6.81. The number of hydrogen-bond acceptors (Lipinski definition) is 7. The Hall–Kier alpha value is -3.52. The molecular weight excluding hydrogens is 458 g/mol. The molecule has 6 rings (SSSR count). The van der Waals surface area contributed by atoms with Gasteiger partial charge >= 0.3 is 5.97 Å². The van der Waals surface area contributed by atoms with E-state index in [9.17, 15) is 14.7 Å². The van der Waals surface area contributed by atoms with E-state index in [0.29, 0.717) is 29.1 Å². The van der Waals surface area contributed by atoms with E-state index in [0.717, 1.165) is 40.6 Å². The van der Waals surface area contributed by atoms with Crippen LogP contribution in [0.25, 0.3) is 22.3 Å². The molecule has 1 aromatic carbocycles. The molecule has 3 aromatic rings. The molecule has 186 valence electrons. The number of esters is 1. The highest BCUT2D eigenvalue weighted by Crippen LogP contribution is 2.39. The second-order valence-electron chi connectivity index (χ2n) is 10.0. The second kappa shape index (κ2) is 8.55. The maximum absolute atomic E-state index is 13.4. The van der Waals surface area contributed by atoms with Gasteiger partial charge in [-0.05, 0) is 51.2 Å². The van der Waals surface area contributed by atoms with E-state index >= 15 is 0 Å². The number of carbonyl (C=O) groups is 1. The molecule has 1 aliphatic carbocycles. The lowest BCUT2D eigenvalue weighted by atomic mass is 9.86. The molecule has 8 nitrogen and oxygen atoms in total. The van der Waals surface area contributed by atoms with Crippen molar-refractivity contribution in [2.24, 2.45) is 5.16 Å². The third kappa shape index (κ3) is 3.46. The minimum atomic E-state index is -1.84. The largest absolute Gasteiger partial charge is 0.458 e. The number of aromatic nitrogens is 2. The molecule has 0 spiro atoms. The molecule has 1 N–H and O–H groups in total. The molecule has 1 fully saturated rings. The Kier molecular flexibility index (Phi) is 5.44. The average molecular weight is 488 g/mol. The number of ether oxygens (including phenoxy) is 1. The third-order valence-corrected chi connectivity index (χ3v) is 7.82. The van der Waals surface area contributed by atoms with E-state index in [1.807, 2.05) is 25.1 Å². The van der Waals surface area contributed by atoms with Gasteiger partial charge in [0.1, 0.15) is 12.7 Å². The zero-order chi connectivity index (χ0) is 25.0. The molecule has 0 radical (unpaired) electrons. The van der Waals surface area contributed by atoms with Gasteiger partial charge in [0.15, 0.2) is 5.60 Å². The van der Waals surface area contributed by atoms with E-state index in [1.165, 1.54) is 19.3 Å². The van der Waals surface area contributed by atoms with Gasteiger partial charge in [0.2, 0.25) is 0 Å². The van der Waals surface area contributed by atoms with Gasteiger partial charge in [-0.2, -0.15) is 0 Å². The van der Waals surface area contributed by atoms with Crippen molar-refractivity contribution < 1.29 is 19.5 Å². The molecule has 36 heavy (non-hydrogen) atoms. The topological polar surface area (TPSA) is 103 Å². The van der Waals surface area contributed by atoms with Crippen molar-refractivity contribution in [1.29, 1.82) is 0 Å². The standard InChI is InChI=1S/C28H29N3O5/c1-3-28(34)22-13-23-25-18(14-31(23)26(32)21(22)15-35-27(28)33)12-17-8-7-11-20(24(17)29-25)16(2)30-36-19-9-5-4-6-10-19/h7-8,11-13,19,34H,3-6,9-10,14-15H2,1-2H3/b30-16+/t28-/m0/s1. The number of rotatable bonds is 4. The van der Waals surface area contributed by atoms with E-state index in [2.05, 4.69) is 11.2 Å². The molecule has 1 saturated carbocycles. The SMILES string of the molecule is CC[C@@]1(O)C(=O)OCc2c1cc1n(c2=O)Cc2cc3cccc(/C(C)=N/OC4CCCCC4)c3nc2-1. The molecule has 2 aromatic heterocycles. The van der Waals surface area contributed by atoms with Crippen LogP contribution in [-0.4, -0.2) is 32.4 Å². The number of fused-ring (bicyclic) bond motifs is 5. The number of aliphatic hydroxyl groups is 1. The third-order valence-electron chi connectivity index (χ3n) is 7.82. The first-order chi connectivity index (χ1) is 17.4. The monoisotopic (exact) mass is 487 g/mol. The molecule has 4 heterocycles. The van der Waals surface area contributed by atoms with Crippen LogP contribution in [-0.2, 0) is 33.1 Å². The summed E-state index contributed by atoms with van der Waals surface area (Å²) in [5.74, 6) is -0.723. The normalized spacial score (nSPS) is 21.6. The summed E-state index contributed by atoms with van der Waals surface area (Å²) in [4.78, 5) is 36.7. The zero-order valence-electron chi connectivity index (χ0n) is 20.5. The van der Waals surface area contributed by atoms with Gasteiger partial charge in [0, 0.05) is 22.1 Å². The number of nitrogens with zero attached hydrogens (tertiary/aromatic N) is 3. The van der Waals surface area contributed by atoms with Gasteiger partial charge in [-0.25, -0.2) is 9.78 Å². The summed E-state index contributed by atoms with van der Waals surface area (Å²) in [6.45, 7) is 3.86. The molecule has 0 amide bonds. The highest BCUT2D eigenvalue weighted by Gasteiger charge is 2.45. The minimum Gasteiger partial charge on any atom is -0.458 e. The van der Waals surface area contributed by atoms with Crippen molar-refractivity contribution in [3.05, 3.63) is 62.9 Å². The van der Waals surface area contributed by atoms with Gasteiger partial charge in [0.05, 0.1) is 34.7 Å². The molecule has 1 atom stereocenters. The number of benzene rings is 1. The molecule has 0 bridgehead atoms. The Morgan fingerprint density at radius 3 is 2.83 bits per heavy atom. The highest BCUT2D eigenvalue weighted by atomic mass is 16.6. The van der Waals surface area contributed by atoms with E-state index < -0.39 is 11.6 Å². The predicted molar refractivity (Wildman–Crippen MR) is 135 cm³/mol. The van der Waals surface area contributed by atoms with Crippen LogP contribution >= 0.6 is 0 Å². The summed E-state index contributed by atoms with van der Waals surface area (Å²) in [5, 5.41) is 16.5. The van der Waals surface area contributed by atoms with Gasteiger partial charge in [-0.1, -0.05) is 36.7 Å². The quantitative estimate of drug-likeness (QED) is 0.264. The van der Waals surface area contributed by atoms with Crippen LogP contribution in [0.5, 0.6) is 0 Å². The second-order valence-corrected chi connectivity index (χ2v) is 10.0. The number of pyridine rings is 2. The van der Waals surface area contributed by atoms with Gasteiger partial charge in [0.25, 0.3) is 5.56 Å². The first-order valence-electron chi connectivity index (χ1n) is 12.7. The van der Waals surface area contributed by atoms with Crippen molar-refractivity contribution in [2.45, 2.75) is 77.2 Å². The Morgan fingerprint density at radius 1 is 1.25 bits per heavy atom. The van der Waals surface area contributed by atoms with Crippen LogP contribution in [0.3, 0.4) is 0 Å². The fraction of sp³-hybridized carbons (Fsp3) is 0.429. The van der Waals surface area contributed by atoms with Gasteiger partial charge in [-0.3, -0.25) is 4.79 Å². The van der Waals surface area contributed by atoms with Crippen molar-refractivity contribution >= 4 is 22.6 Å². The summed E-state index contributed by atoms with van der Waals surface area (Å²) >= 11 is 0. The minimum absolute atomic E-state index is 0.112. The van der Waals surface area contributed by atoms with Crippen molar-refractivity contribution in [3.8, 4) is 11.4 Å². The van der Waals surface area contributed by atoms with Gasteiger partial charge in [-0.15, -0.1) is 0 Å². The lowest BCUT2D eigenvalue weighted by Crippen LogP contribution is -2.44.